The van der Waals surface area contributed by atoms with Crippen LogP contribution in [0.2, 0.25) is 0 Å². The van der Waals surface area contributed by atoms with Gasteiger partial charge in [0.1, 0.15) is 11.4 Å². The highest BCUT2D eigenvalue weighted by Crippen LogP contribution is 2.14. The summed E-state index contributed by atoms with van der Waals surface area (Å²) in [7, 11) is 0. The zero-order valence-electron chi connectivity index (χ0n) is 12.2. The van der Waals surface area contributed by atoms with Crippen LogP contribution < -0.4 is 5.32 Å². The number of esters is 1. The number of carbonyl (C=O) groups excluding carboxylic acids is 2. The maximum absolute atomic E-state index is 13.1. The van der Waals surface area contributed by atoms with Crippen molar-refractivity contribution in [2.45, 2.75) is 46.1 Å². The van der Waals surface area contributed by atoms with Gasteiger partial charge in [0.15, 0.2) is 0 Å². The minimum absolute atomic E-state index is 0.0171. The Morgan fingerprint density at radius 2 is 1.90 bits per heavy atom. The van der Waals surface area contributed by atoms with E-state index in [1.165, 1.54) is 12.1 Å². The van der Waals surface area contributed by atoms with Crippen LogP contribution in [0.5, 0.6) is 0 Å². The van der Waals surface area contributed by atoms with Gasteiger partial charge in [-0.15, -0.1) is 0 Å². The van der Waals surface area contributed by atoms with Crippen LogP contribution in [-0.4, -0.2) is 17.5 Å². The normalized spacial score (nSPS) is 11.1. The summed E-state index contributed by atoms with van der Waals surface area (Å²) in [5.74, 6) is -1.04. The van der Waals surface area contributed by atoms with Crippen LogP contribution in [0.4, 0.5) is 10.1 Å². The number of ether oxygens (including phenoxy) is 1. The molecule has 0 atom stereocenters. The van der Waals surface area contributed by atoms with Crippen molar-refractivity contribution in [2.24, 2.45) is 0 Å². The highest BCUT2D eigenvalue weighted by molar-refractivity contribution is 5.92. The Balaban J connectivity index is 2.44. The van der Waals surface area contributed by atoms with E-state index in [0.717, 1.165) is 0 Å². The molecule has 0 aliphatic carbocycles. The molecule has 1 aromatic rings. The Bertz CT molecular complexity index is 506. The van der Waals surface area contributed by atoms with Crippen molar-refractivity contribution in [1.29, 1.82) is 0 Å². The fourth-order valence-corrected chi connectivity index (χ4v) is 1.55. The molecule has 0 bridgehead atoms. The molecule has 0 radical (unpaired) electrons. The van der Waals surface area contributed by atoms with E-state index in [2.05, 4.69) is 5.32 Å². The summed E-state index contributed by atoms with van der Waals surface area (Å²) in [6.45, 7) is 6.93. The summed E-state index contributed by atoms with van der Waals surface area (Å²) in [4.78, 5) is 23.1. The van der Waals surface area contributed by atoms with Crippen molar-refractivity contribution in [1.82, 2.24) is 0 Å². The van der Waals surface area contributed by atoms with Crippen molar-refractivity contribution in [2.75, 3.05) is 5.32 Å². The molecule has 4 nitrogen and oxygen atoms in total. The standard InChI is InChI=1S/C15H20FNO3/c1-10-9-11(5-6-12(10)16)17-13(18)7-8-14(19)20-15(2,3)4/h5-6,9H,7-8H2,1-4H3,(H,17,18). The Kier molecular flexibility index (Phi) is 5.25. The lowest BCUT2D eigenvalue weighted by molar-refractivity contribution is -0.155. The number of hydrogen-bond acceptors (Lipinski definition) is 3. The molecular formula is C15H20FNO3. The first-order chi connectivity index (χ1) is 9.17. The predicted molar refractivity (Wildman–Crippen MR) is 74.8 cm³/mol. The molecule has 5 heteroatoms. The number of benzene rings is 1. The SMILES string of the molecule is Cc1cc(NC(=O)CCC(=O)OC(C)(C)C)ccc1F. The van der Waals surface area contributed by atoms with Crippen molar-refractivity contribution >= 4 is 17.6 Å². The minimum atomic E-state index is -0.554. The highest BCUT2D eigenvalue weighted by Gasteiger charge is 2.17. The first-order valence-electron chi connectivity index (χ1n) is 6.45. The van der Waals surface area contributed by atoms with Gasteiger partial charge in [-0.05, 0) is 51.5 Å². The summed E-state index contributed by atoms with van der Waals surface area (Å²) in [6, 6.07) is 4.31. The van der Waals surface area contributed by atoms with Crippen molar-refractivity contribution in [3.63, 3.8) is 0 Å². The fourth-order valence-electron chi connectivity index (χ4n) is 1.55. The van der Waals surface area contributed by atoms with Gasteiger partial charge < -0.3 is 10.1 Å². The van der Waals surface area contributed by atoms with Crippen LogP contribution in [-0.2, 0) is 14.3 Å². The van der Waals surface area contributed by atoms with E-state index in [4.69, 9.17) is 4.74 Å². The van der Waals surface area contributed by atoms with E-state index in [1.807, 2.05) is 0 Å². The molecular weight excluding hydrogens is 261 g/mol. The van der Waals surface area contributed by atoms with Crippen LogP contribution in [0.15, 0.2) is 18.2 Å². The summed E-state index contributed by atoms with van der Waals surface area (Å²) in [5.41, 5.74) is 0.412. The van der Waals surface area contributed by atoms with Crippen LogP contribution in [0.1, 0.15) is 39.2 Å². The third kappa shape index (κ3) is 5.82. The first-order valence-corrected chi connectivity index (χ1v) is 6.45. The summed E-state index contributed by atoms with van der Waals surface area (Å²) >= 11 is 0. The number of hydrogen-bond donors (Lipinski definition) is 1. The molecule has 1 amide bonds. The van der Waals surface area contributed by atoms with Gasteiger partial charge in [0.25, 0.3) is 0 Å². The van der Waals surface area contributed by atoms with E-state index in [1.54, 1.807) is 33.8 Å². The number of nitrogens with one attached hydrogen (secondary N) is 1. The maximum Gasteiger partial charge on any atom is 0.306 e. The van der Waals surface area contributed by atoms with Gasteiger partial charge in [-0.3, -0.25) is 9.59 Å². The molecule has 1 rings (SSSR count). The summed E-state index contributed by atoms with van der Waals surface area (Å²) < 4.78 is 18.2. The van der Waals surface area contributed by atoms with Crippen molar-refractivity contribution in [3.05, 3.63) is 29.6 Å². The molecule has 1 N–H and O–H groups in total. The van der Waals surface area contributed by atoms with Crippen LogP contribution in [0.3, 0.4) is 0 Å². The van der Waals surface area contributed by atoms with Crippen LogP contribution in [0, 0.1) is 12.7 Å². The zero-order chi connectivity index (χ0) is 15.3. The summed E-state index contributed by atoms with van der Waals surface area (Å²) in [5, 5.41) is 2.61. The van der Waals surface area contributed by atoms with Gasteiger partial charge in [-0.2, -0.15) is 0 Å². The molecule has 0 unspecified atom stereocenters. The average molecular weight is 281 g/mol. The van der Waals surface area contributed by atoms with E-state index >= 15 is 0 Å². The Hall–Kier alpha value is -1.91. The lowest BCUT2D eigenvalue weighted by Crippen LogP contribution is -2.24. The maximum atomic E-state index is 13.1. The van der Waals surface area contributed by atoms with Gasteiger partial charge in [0.2, 0.25) is 5.91 Å². The number of rotatable bonds is 4. The van der Waals surface area contributed by atoms with Crippen molar-refractivity contribution < 1.29 is 18.7 Å². The molecule has 110 valence electrons. The summed E-state index contributed by atoms with van der Waals surface area (Å²) in [6.07, 6.45) is 0.0502. The molecule has 0 aliphatic heterocycles. The predicted octanol–water partition coefficient (Wildman–Crippen LogP) is 3.19. The number of aryl methyl sites for hydroxylation is 1. The van der Waals surface area contributed by atoms with E-state index in [-0.39, 0.29) is 24.6 Å². The largest absolute Gasteiger partial charge is 0.460 e. The smallest absolute Gasteiger partial charge is 0.306 e. The van der Waals surface area contributed by atoms with Crippen molar-refractivity contribution in [3.8, 4) is 0 Å². The molecule has 0 spiro atoms. The molecule has 0 aliphatic rings. The first kappa shape index (κ1) is 16.1. The molecule has 0 aromatic heterocycles. The molecule has 0 saturated carbocycles. The molecule has 0 fully saturated rings. The molecule has 0 saturated heterocycles. The zero-order valence-corrected chi connectivity index (χ0v) is 12.2. The number of halogens is 1. The molecule has 20 heavy (non-hydrogen) atoms. The Morgan fingerprint density at radius 1 is 1.25 bits per heavy atom. The van der Waals surface area contributed by atoms with E-state index in [9.17, 15) is 14.0 Å². The third-order valence-electron chi connectivity index (χ3n) is 2.42. The molecule has 0 heterocycles. The van der Waals surface area contributed by atoms with Gasteiger partial charge in [-0.25, -0.2) is 4.39 Å². The number of carbonyl (C=O) groups is 2. The second-order valence-corrected chi connectivity index (χ2v) is 5.60. The van der Waals surface area contributed by atoms with Gasteiger partial charge in [-0.1, -0.05) is 0 Å². The Morgan fingerprint density at radius 3 is 2.45 bits per heavy atom. The van der Waals surface area contributed by atoms with Gasteiger partial charge in [0.05, 0.1) is 6.42 Å². The second kappa shape index (κ2) is 6.50. The Labute approximate surface area is 118 Å². The number of anilines is 1. The number of amides is 1. The van der Waals surface area contributed by atoms with Gasteiger partial charge >= 0.3 is 5.97 Å². The monoisotopic (exact) mass is 281 g/mol. The second-order valence-electron chi connectivity index (χ2n) is 5.60. The topological polar surface area (TPSA) is 55.4 Å². The van der Waals surface area contributed by atoms with Gasteiger partial charge in [0, 0.05) is 12.1 Å². The minimum Gasteiger partial charge on any atom is -0.460 e. The van der Waals surface area contributed by atoms with E-state index in [0.29, 0.717) is 11.3 Å². The van der Waals surface area contributed by atoms with Crippen LogP contribution >= 0.6 is 0 Å². The fraction of sp³-hybridized carbons (Fsp3) is 0.467. The van der Waals surface area contributed by atoms with E-state index < -0.39 is 11.6 Å². The highest BCUT2D eigenvalue weighted by atomic mass is 19.1. The quantitative estimate of drug-likeness (QED) is 0.862. The lowest BCUT2D eigenvalue weighted by Gasteiger charge is -2.19. The lowest BCUT2D eigenvalue weighted by atomic mass is 10.2. The average Bonchev–Trinajstić information content (AvgIpc) is 2.29. The third-order valence-corrected chi connectivity index (χ3v) is 2.42. The van der Waals surface area contributed by atoms with Crippen LogP contribution in [0.25, 0.3) is 0 Å². The molecule has 1 aromatic carbocycles.